The fraction of sp³-hybridized carbons (Fsp3) is 0.278. The van der Waals surface area contributed by atoms with Gasteiger partial charge in [-0.25, -0.2) is 0 Å². The summed E-state index contributed by atoms with van der Waals surface area (Å²) in [5, 5.41) is 3.41. The molecule has 1 amide bonds. The Morgan fingerprint density at radius 1 is 1.09 bits per heavy atom. The molecule has 0 saturated heterocycles. The van der Waals surface area contributed by atoms with Gasteiger partial charge in [0.2, 0.25) is 5.91 Å². The highest BCUT2D eigenvalue weighted by Crippen LogP contribution is 2.20. The minimum atomic E-state index is -0.185. The molecule has 0 atom stereocenters. The Kier molecular flexibility index (Phi) is 5.58. The van der Waals surface area contributed by atoms with Crippen LogP contribution >= 0.6 is 11.6 Å². The number of nitrogens with one attached hydrogen (secondary N) is 1. The Labute approximate surface area is 136 Å². The Bertz CT molecular complexity index is 683. The van der Waals surface area contributed by atoms with E-state index in [1.165, 1.54) is 11.1 Å². The van der Waals surface area contributed by atoms with E-state index in [4.69, 9.17) is 16.3 Å². The van der Waals surface area contributed by atoms with E-state index in [1.807, 2.05) is 32.0 Å². The van der Waals surface area contributed by atoms with Crippen LogP contribution in [-0.4, -0.2) is 12.5 Å². The van der Waals surface area contributed by atoms with Crippen molar-refractivity contribution in [2.75, 3.05) is 11.9 Å². The van der Waals surface area contributed by atoms with E-state index in [1.54, 1.807) is 12.1 Å². The monoisotopic (exact) mass is 317 g/mol. The third-order valence-electron chi connectivity index (χ3n) is 3.46. The molecule has 0 fully saturated rings. The summed E-state index contributed by atoms with van der Waals surface area (Å²) in [6, 6.07) is 11.6. The zero-order chi connectivity index (χ0) is 16.1. The van der Waals surface area contributed by atoms with E-state index in [9.17, 15) is 4.79 Å². The maximum absolute atomic E-state index is 11.9. The lowest BCUT2D eigenvalue weighted by molar-refractivity contribution is -0.121. The van der Waals surface area contributed by atoms with E-state index >= 15 is 0 Å². The van der Waals surface area contributed by atoms with Crippen molar-refractivity contribution in [2.45, 2.75) is 27.4 Å². The summed E-state index contributed by atoms with van der Waals surface area (Å²) in [7, 11) is 0. The van der Waals surface area contributed by atoms with Gasteiger partial charge in [-0.2, -0.15) is 0 Å². The molecule has 2 aromatic rings. The number of rotatable bonds is 5. The van der Waals surface area contributed by atoms with E-state index in [0.29, 0.717) is 17.3 Å². The predicted octanol–water partition coefficient (Wildman–Crippen LogP) is 4.42. The van der Waals surface area contributed by atoms with Crippen LogP contribution in [0, 0.1) is 20.8 Å². The standard InChI is InChI=1S/C18H20ClNO2/c1-12-4-6-15(14(3)8-12)10-22-11-18(21)20-17-9-16(19)7-5-13(17)2/h4-9H,10-11H2,1-3H3,(H,20,21). The first-order valence-electron chi connectivity index (χ1n) is 7.15. The van der Waals surface area contributed by atoms with Gasteiger partial charge in [-0.15, -0.1) is 0 Å². The third kappa shape index (κ3) is 4.58. The van der Waals surface area contributed by atoms with Gasteiger partial charge < -0.3 is 10.1 Å². The largest absolute Gasteiger partial charge is 0.367 e. The van der Waals surface area contributed by atoms with E-state index in [0.717, 1.165) is 11.1 Å². The van der Waals surface area contributed by atoms with Crippen molar-refractivity contribution in [1.29, 1.82) is 0 Å². The molecule has 0 spiro atoms. The second kappa shape index (κ2) is 7.43. The molecule has 22 heavy (non-hydrogen) atoms. The summed E-state index contributed by atoms with van der Waals surface area (Å²) in [5.41, 5.74) is 5.17. The summed E-state index contributed by atoms with van der Waals surface area (Å²) in [4.78, 5) is 11.9. The predicted molar refractivity (Wildman–Crippen MR) is 90.4 cm³/mol. The quantitative estimate of drug-likeness (QED) is 0.886. The van der Waals surface area contributed by atoms with Crippen molar-refractivity contribution in [1.82, 2.24) is 0 Å². The average Bonchev–Trinajstić information content (AvgIpc) is 2.45. The van der Waals surface area contributed by atoms with Gasteiger partial charge >= 0.3 is 0 Å². The summed E-state index contributed by atoms with van der Waals surface area (Å²) in [5.74, 6) is -0.185. The van der Waals surface area contributed by atoms with Crippen molar-refractivity contribution < 1.29 is 9.53 Å². The van der Waals surface area contributed by atoms with Crippen molar-refractivity contribution in [2.24, 2.45) is 0 Å². The van der Waals surface area contributed by atoms with Gasteiger partial charge in [0.1, 0.15) is 6.61 Å². The maximum atomic E-state index is 11.9. The zero-order valence-electron chi connectivity index (χ0n) is 13.1. The topological polar surface area (TPSA) is 38.3 Å². The summed E-state index contributed by atoms with van der Waals surface area (Å²) in [6.07, 6.45) is 0. The van der Waals surface area contributed by atoms with E-state index in [-0.39, 0.29) is 12.5 Å². The molecular weight excluding hydrogens is 298 g/mol. The molecular formula is C18H20ClNO2. The third-order valence-corrected chi connectivity index (χ3v) is 3.70. The lowest BCUT2D eigenvalue weighted by Gasteiger charge is -2.10. The van der Waals surface area contributed by atoms with E-state index < -0.39 is 0 Å². The summed E-state index contributed by atoms with van der Waals surface area (Å²) >= 11 is 5.93. The first-order valence-corrected chi connectivity index (χ1v) is 7.53. The van der Waals surface area contributed by atoms with Gasteiger partial charge in [0.15, 0.2) is 0 Å². The van der Waals surface area contributed by atoms with Gasteiger partial charge in [-0.1, -0.05) is 41.4 Å². The first kappa shape index (κ1) is 16.5. The molecule has 0 radical (unpaired) electrons. The number of carbonyl (C=O) groups is 1. The molecule has 116 valence electrons. The molecule has 0 bridgehead atoms. The molecule has 0 unspecified atom stereocenters. The lowest BCUT2D eigenvalue weighted by atomic mass is 10.1. The van der Waals surface area contributed by atoms with Crippen LogP contribution in [0.2, 0.25) is 5.02 Å². The number of anilines is 1. The Balaban J connectivity index is 1.86. The Morgan fingerprint density at radius 2 is 1.86 bits per heavy atom. The summed E-state index contributed by atoms with van der Waals surface area (Å²) in [6.45, 7) is 6.45. The number of benzene rings is 2. The van der Waals surface area contributed by atoms with Crippen LogP contribution in [0.25, 0.3) is 0 Å². The van der Waals surface area contributed by atoms with Gasteiger partial charge in [0.05, 0.1) is 6.61 Å². The van der Waals surface area contributed by atoms with Crippen LogP contribution in [0.3, 0.4) is 0 Å². The van der Waals surface area contributed by atoms with Crippen LogP contribution in [0.15, 0.2) is 36.4 Å². The molecule has 0 aliphatic rings. The Morgan fingerprint density at radius 3 is 2.59 bits per heavy atom. The zero-order valence-corrected chi connectivity index (χ0v) is 13.8. The fourth-order valence-corrected chi connectivity index (χ4v) is 2.35. The molecule has 0 saturated carbocycles. The molecule has 1 N–H and O–H groups in total. The van der Waals surface area contributed by atoms with Crippen LogP contribution in [0.5, 0.6) is 0 Å². The van der Waals surface area contributed by atoms with Crippen molar-refractivity contribution in [3.05, 3.63) is 63.7 Å². The number of aryl methyl sites for hydroxylation is 3. The van der Waals surface area contributed by atoms with Crippen molar-refractivity contribution in [3.63, 3.8) is 0 Å². The van der Waals surface area contributed by atoms with Gasteiger partial charge in [0, 0.05) is 10.7 Å². The highest BCUT2D eigenvalue weighted by Gasteiger charge is 2.06. The van der Waals surface area contributed by atoms with Gasteiger partial charge in [-0.3, -0.25) is 4.79 Å². The summed E-state index contributed by atoms with van der Waals surface area (Å²) < 4.78 is 5.50. The maximum Gasteiger partial charge on any atom is 0.250 e. The Hall–Kier alpha value is -1.84. The number of ether oxygens (including phenoxy) is 1. The molecule has 0 aliphatic heterocycles. The fourth-order valence-electron chi connectivity index (χ4n) is 2.18. The highest BCUT2D eigenvalue weighted by atomic mass is 35.5. The van der Waals surface area contributed by atoms with Crippen LogP contribution < -0.4 is 5.32 Å². The van der Waals surface area contributed by atoms with Gasteiger partial charge in [0.25, 0.3) is 0 Å². The number of carbonyl (C=O) groups excluding carboxylic acids is 1. The number of hydrogen-bond donors (Lipinski definition) is 1. The number of hydrogen-bond acceptors (Lipinski definition) is 2. The number of amides is 1. The van der Waals surface area contributed by atoms with Crippen LogP contribution in [0.1, 0.15) is 22.3 Å². The molecule has 4 heteroatoms. The normalized spacial score (nSPS) is 10.5. The molecule has 0 aliphatic carbocycles. The van der Waals surface area contributed by atoms with Gasteiger partial charge in [-0.05, 0) is 49.6 Å². The van der Waals surface area contributed by atoms with Crippen molar-refractivity contribution >= 4 is 23.2 Å². The highest BCUT2D eigenvalue weighted by molar-refractivity contribution is 6.31. The SMILES string of the molecule is Cc1ccc(COCC(=O)Nc2cc(Cl)ccc2C)c(C)c1. The minimum absolute atomic E-state index is 0.0132. The second-order valence-corrected chi connectivity index (χ2v) is 5.87. The number of halogens is 1. The molecule has 0 heterocycles. The molecule has 3 nitrogen and oxygen atoms in total. The second-order valence-electron chi connectivity index (χ2n) is 5.43. The molecule has 2 rings (SSSR count). The average molecular weight is 318 g/mol. The van der Waals surface area contributed by atoms with Crippen LogP contribution in [-0.2, 0) is 16.1 Å². The smallest absolute Gasteiger partial charge is 0.250 e. The molecule has 2 aromatic carbocycles. The lowest BCUT2D eigenvalue weighted by Crippen LogP contribution is -2.19. The minimum Gasteiger partial charge on any atom is -0.367 e. The molecule has 0 aromatic heterocycles. The van der Waals surface area contributed by atoms with Crippen molar-refractivity contribution in [3.8, 4) is 0 Å². The van der Waals surface area contributed by atoms with Crippen LogP contribution in [0.4, 0.5) is 5.69 Å². The van der Waals surface area contributed by atoms with E-state index in [2.05, 4.69) is 18.3 Å². The first-order chi connectivity index (χ1) is 10.5.